The summed E-state index contributed by atoms with van der Waals surface area (Å²) in [5.41, 5.74) is 1.13. The van der Waals surface area contributed by atoms with Gasteiger partial charge in [0.25, 0.3) is 5.91 Å². The number of anilines is 1. The van der Waals surface area contributed by atoms with E-state index in [1.54, 1.807) is 24.3 Å². The Kier molecular flexibility index (Phi) is 4.74. The summed E-state index contributed by atoms with van der Waals surface area (Å²) in [6, 6.07) is 13.6. The third-order valence-electron chi connectivity index (χ3n) is 3.12. The minimum Gasteiger partial charge on any atom is -0.308 e. The zero-order valence-electron chi connectivity index (χ0n) is 12.9. The first kappa shape index (κ1) is 16.2. The lowest BCUT2D eigenvalue weighted by Crippen LogP contribution is -2.37. The van der Waals surface area contributed by atoms with Crippen LogP contribution in [0.15, 0.2) is 54.6 Å². The Labute approximate surface area is 141 Å². The summed E-state index contributed by atoms with van der Waals surface area (Å²) in [6.07, 6.45) is 0. The molecule has 3 aromatic rings. The monoisotopic (exact) mass is 340 g/mol. The van der Waals surface area contributed by atoms with E-state index in [9.17, 15) is 14.0 Å². The van der Waals surface area contributed by atoms with Gasteiger partial charge in [0, 0.05) is 11.3 Å². The number of tetrazole rings is 1. The number of aromatic nitrogens is 4. The first-order chi connectivity index (χ1) is 12.1. The van der Waals surface area contributed by atoms with E-state index in [4.69, 9.17) is 0 Å². The van der Waals surface area contributed by atoms with Crippen LogP contribution in [0.1, 0.15) is 0 Å². The molecule has 0 aliphatic carbocycles. The number of urea groups is 1. The van der Waals surface area contributed by atoms with Gasteiger partial charge in [-0.05, 0) is 41.6 Å². The van der Waals surface area contributed by atoms with E-state index < -0.39 is 11.9 Å². The van der Waals surface area contributed by atoms with Crippen molar-refractivity contribution in [3.63, 3.8) is 0 Å². The van der Waals surface area contributed by atoms with Crippen molar-refractivity contribution in [3.05, 3.63) is 60.4 Å². The van der Waals surface area contributed by atoms with E-state index in [0.29, 0.717) is 11.3 Å². The van der Waals surface area contributed by atoms with Crippen LogP contribution in [0, 0.1) is 5.82 Å². The molecule has 3 rings (SSSR count). The molecule has 3 amide bonds. The summed E-state index contributed by atoms with van der Waals surface area (Å²) in [4.78, 5) is 24.6. The summed E-state index contributed by atoms with van der Waals surface area (Å²) in [7, 11) is 0. The third kappa shape index (κ3) is 4.44. The van der Waals surface area contributed by atoms with Gasteiger partial charge in [-0.15, -0.1) is 10.2 Å². The van der Waals surface area contributed by atoms with Gasteiger partial charge in [0.15, 0.2) is 0 Å². The van der Waals surface area contributed by atoms with Crippen LogP contribution in [0.3, 0.4) is 0 Å². The van der Waals surface area contributed by atoms with Crippen LogP contribution in [-0.2, 0) is 11.3 Å². The van der Waals surface area contributed by atoms with Crippen LogP contribution in [0.2, 0.25) is 0 Å². The first-order valence-corrected chi connectivity index (χ1v) is 7.30. The van der Waals surface area contributed by atoms with Crippen LogP contribution in [0.25, 0.3) is 11.4 Å². The number of rotatable bonds is 4. The van der Waals surface area contributed by atoms with Gasteiger partial charge in [0.1, 0.15) is 12.4 Å². The molecule has 0 fully saturated rings. The topological polar surface area (TPSA) is 102 Å². The van der Waals surface area contributed by atoms with Crippen molar-refractivity contribution >= 4 is 17.6 Å². The number of carbonyl (C=O) groups excluding carboxylic acids is 2. The highest BCUT2D eigenvalue weighted by atomic mass is 19.1. The SMILES string of the molecule is O=C(Cn1nnc(-c2ccc(F)cc2)n1)NC(=O)Nc1ccccc1. The van der Waals surface area contributed by atoms with Gasteiger partial charge in [0.05, 0.1) is 0 Å². The van der Waals surface area contributed by atoms with E-state index in [2.05, 4.69) is 26.0 Å². The van der Waals surface area contributed by atoms with Gasteiger partial charge in [-0.1, -0.05) is 18.2 Å². The highest BCUT2D eigenvalue weighted by molar-refractivity contribution is 6.00. The molecule has 9 heteroatoms. The third-order valence-corrected chi connectivity index (χ3v) is 3.12. The molecule has 2 N–H and O–H groups in total. The summed E-state index contributed by atoms with van der Waals surface area (Å²) in [5.74, 6) is -0.724. The predicted molar refractivity (Wildman–Crippen MR) is 86.8 cm³/mol. The lowest BCUT2D eigenvalue weighted by atomic mass is 10.2. The molecule has 0 saturated heterocycles. The Bertz CT molecular complexity index is 879. The van der Waals surface area contributed by atoms with E-state index in [1.165, 1.54) is 24.3 Å². The highest BCUT2D eigenvalue weighted by Gasteiger charge is 2.12. The molecule has 0 radical (unpaired) electrons. The molecule has 2 aromatic carbocycles. The van der Waals surface area contributed by atoms with Gasteiger partial charge in [-0.2, -0.15) is 4.80 Å². The largest absolute Gasteiger partial charge is 0.325 e. The number of hydrogen-bond donors (Lipinski definition) is 2. The van der Waals surface area contributed by atoms with Gasteiger partial charge in [0.2, 0.25) is 5.82 Å². The zero-order valence-corrected chi connectivity index (χ0v) is 12.9. The van der Waals surface area contributed by atoms with Crippen molar-refractivity contribution in [1.82, 2.24) is 25.5 Å². The second kappa shape index (κ2) is 7.30. The smallest absolute Gasteiger partial charge is 0.308 e. The maximum Gasteiger partial charge on any atom is 0.325 e. The number of nitrogens with zero attached hydrogens (tertiary/aromatic N) is 4. The molecule has 0 unspecified atom stereocenters. The molecule has 25 heavy (non-hydrogen) atoms. The predicted octanol–water partition coefficient (Wildman–Crippen LogP) is 1.83. The number of amides is 3. The summed E-state index contributed by atoms with van der Waals surface area (Å²) in [6.45, 7) is -0.281. The van der Waals surface area contributed by atoms with Crippen LogP contribution in [-0.4, -0.2) is 32.1 Å². The summed E-state index contributed by atoms with van der Waals surface area (Å²) < 4.78 is 12.9. The quantitative estimate of drug-likeness (QED) is 0.754. The average Bonchev–Trinajstić information content (AvgIpc) is 3.04. The minimum absolute atomic E-state index is 0.251. The van der Waals surface area contributed by atoms with Crippen LogP contribution in [0.4, 0.5) is 14.9 Å². The van der Waals surface area contributed by atoms with E-state index in [-0.39, 0.29) is 18.2 Å². The van der Waals surface area contributed by atoms with Gasteiger partial charge >= 0.3 is 6.03 Å². The van der Waals surface area contributed by atoms with Crippen molar-refractivity contribution < 1.29 is 14.0 Å². The number of benzene rings is 2. The Morgan fingerprint density at radius 1 is 1.04 bits per heavy atom. The molecule has 0 aliphatic rings. The second-order valence-electron chi connectivity index (χ2n) is 5.02. The number of halogens is 1. The maximum atomic E-state index is 12.9. The molecule has 0 aliphatic heterocycles. The fraction of sp³-hybridized carbons (Fsp3) is 0.0625. The second-order valence-corrected chi connectivity index (χ2v) is 5.02. The van der Waals surface area contributed by atoms with Gasteiger partial charge < -0.3 is 5.32 Å². The number of carbonyl (C=O) groups is 2. The van der Waals surface area contributed by atoms with Crippen LogP contribution in [0.5, 0.6) is 0 Å². The average molecular weight is 340 g/mol. The Balaban J connectivity index is 1.56. The Hall–Kier alpha value is -3.62. The van der Waals surface area contributed by atoms with Crippen molar-refractivity contribution in [1.29, 1.82) is 0 Å². The Morgan fingerprint density at radius 3 is 2.48 bits per heavy atom. The fourth-order valence-corrected chi connectivity index (χ4v) is 2.00. The number of hydrogen-bond acceptors (Lipinski definition) is 5. The molecule has 126 valence electrons. The molecular formula is C16H13FN6O2. The lowest BCUT2D eigenvalue weighted by molar-refractivity contribution is -0.120. The molecule has 0 saturated carbocycles. The fourth-order valence-electron chi connectivity index (χ4n) is 2.00. The molecular weight excluding hydrogens is 327 g/mol. The minimum atomic E-state index is -0.657. The molecule has 0 atom stereocenters. The van der Waals surface area contributed by atoms with Crippen molar-refractivity contribution in [2.24, 2.45) is 0 Å². The van der Waals surface area contributed by atoms with E-state index >= 15 is 0 Å². The summed E-state index contributed by atoms with van der Waals surface area (Å²) in [5, 5.41) is 16.2. The number of nitrogens with one attached hydrogen (secondary N) is 2. The van der Waals surface area contributed by atoms with Crippen molar-refractivity contribution in [2.45, 2.75) is 6.54 Å². The first-order valence-electron chi connectivity index (χ1n) is 7.30. The van der Waals surface area contributed by atoms with Gasteiger partial charge in [-0.3, -0.25) is 10.1 Å². The van der Waals surface area contributed by atoms with E-state index in [1.807, 2.05) is 6.07 Å². The number of imide groups is 1. The Morgan fingerprint density at radius 2 is 1.76 bits per heavy atom. The number of para-hydroxylation sites is 1. The standard InChI is InChI=1S/C16H13FN6O2/c17-12-8-6-11(7-9-12)15-20-22-23(21-15)10-14(24)19-16(25)18-13-4-2-1-3-5-13/h1-9H,10H2,(H2,18,19,24,25). The highest BCUT2D eigenvalue weighted by Crippen LogP contribution is 2.13. The zero-order chi connectivity index (χ0) is 17.6. The molecule has 1 aromatic heterocycles. The van der Waals surface area contributed by atoms with Crippen molar-refractivity contribution in [3.8, 4) is 11.4 Å². The molecule has 8 nitrogen and oxygen atoms in total. The molecule has 0 spiro atoms. The van der Waals surface area contributed by atoms with Crippen LogP contribution >= 0.6 is 0 Å². The van der Waals surface area contributed by atoms with Gasteiger partial charge in [-0.25, -0.2) is 9.18 Å². The molecule has 0 bridgehead atoms. The molecule has 1 heterocycles. The lowest BCUT2D eigenvalue weighted by Gasteiger charge is -2.05. The van der Waals surface area contributed by atoms with E-state index in [0.717, 1.165) is 4.80 Å². The maximum absolute atomic E-state index is 12.9. The van der Waals surface area contributed by atoms with Crippen molar-refractivity contribution in [2.75, 3.05) is 5.32 Å². The van der Waals surface area contributed by atoms with Crippen LogP contribution < -0.4 is 10.6 Å². The normalized spacial score (nSPS) is 10.3. The summed E-state index contributed by atoms with van der Waals surface area (Å²) >= 11 is 0.